The van der Waals surface area contributed by atoms with E-state index in [2.05, 4.69) is 20.7 Å². The lowest BCUT2D eigenvalue weighted by Gasteiger charge is -2.04. The zero-order chi connectivity index (χ0) is 18.9. The van der Waals surface area contributed by atoms with E-state index < -0.39 is 10.0 Å². The zero-order valence-electron chi connectivity index (χ0n) is 14.1. The molecule has 2 aromatic heterocycles. The highest BCUT2D eigenvalue weighted by Crippen LogP contribution is 2.18. The molecular weight excluding hydrogens is 358 g/mol. The third-order valence-electron chi connectivity index (χ3n) is 3.59. The van der Waals surface area contributed by atoms with Gasteiger partial charge in [0.1, 0.15) is 18.1 Å². The maximum Gasteiger partial charge on any atom is 0.247 e. The Morgan fingerprint density at radius 3 is 2.54 bits per heavy atom. The molecule has 0 unspecified atom stereocenters. The van der Waals surface area contributed by atoms with E-state index in [-0.39, 0.29) is 17.3 Å². The summed E-state index contributed by atoms with van der Waals surface area (Å²) in [6, 6.07) is 7.69. The number of anilines is 1. The second-order valence-electron chi connectivity index (χ2n) is 5.71. The lowest BCUT2D eigenvalue weighted by molar-refractivity contribution is -0.117. The van der Waals surface area contributed by atoms with Crippen LogP contribution in [-0.2, 0) is 28.4 Å². The molecule has 0 aliphatic rings. The van der Waals surface area contributed by atoms with Gasteiger partial charge in [-0.15, -0.1) is 5.10 Å². The van der Waals surface area contributed by atoms with Crippen molar-refractivity contribution in [1.29, 1.82) is 0 Å². The number of nitrogens with one attached hydrogen (secondary N) is 1. The SMILES string of the molecule is Cc1cc(NC(=O)Cn2cc(-c3ccc(S(N)(=O)=O)cc3)nn2)n(C)n1. The van der Waals surface area contributed by atoms with E-state index >= 15 is 0 Å². The molecular formula is C15H17N7O3S. The third-order valence-corrected chi connectivity index (χ3v) is 4.52. The minimum Gasteiger partial charge on any atom is -0.309 e. The molecule has 26 heavy (non-hydrogen) atoms. The predicted molar refractivity (Wildman–Crippen MR) is 93.4 cm³/mol. The largest absolute Gasteiger partial charge is 0.309 e. The first-order valence-corrected chi connectivity index (χ1v) is 9.11. The van der Waals surface area contributed by atoms with Crippen molar-refractivity contribution in [2.75, 3.05) is 5.32 Å². The molecule has 10 nitrogen and oxygen atoms in total. The van der Waals surface area contributed by atoms with E-state index in [4.69, 9.17) is 5.14 Å². The molecule has 0 spiro atoms. The molecule has 0 aliphatic carbocycles. The average Bonchev–Trinajstić information content (AvgIpc) is 3.13. The highest BCUT2D eigenvalue weighted by molar-refractivity contribution is 7.89. The van der Waals surface area contributed by atoms with Crippen LogP contribution in [0.2, 0.25) is 0 Å². The fourth-order valence-electron chi connectivity index (χ4n) is 2.38. The Hall–Kier alpha value is -3.05. The van der Waals surface area contributed by atoms with Gasteiger partial charge in [0.05, 0.1) is 16.8 Å². The maximum atomic E-state index is 12.1. The number of hydrogen-bond acceptors (Lipinski definition) is 6. The molecule has 3 N–H and O–H groups in total. The summed E-state index contributed by atoms with van der Waals surface area (Å²) in [7, 11) is -2.01. The molecule has 1 amide bonds. The number of carbonyl (C=O) groups excluding carboxylic acids is 1. The second-order valence-corrected chi connectivity index (χ2v) is 7.27. The van der Waals surface area contributed by atoms with Gasteiger partial charge in [0, 0.05) is 18.7 Å². The van der Waals surface area contributed by atoms with Crippen molar-refractivity contribution in [3.63, 3.8) is 0 Å². The molecule has 0 bridgehead atoms. The quantitative estimate of drug-likeness (QED) is 0.656. The number of rotatable bonds is 5. The van der Waals surface area contributed by atoms with Crippen molar-refractivity contribution in [1.82, 2.24) is 24.8 Å². The molecule has 0 saturated heterocycles. The van der Waals surface area contributed by atoms with Crippen LogP contribution >= 0.6 is 0 Å². The summed E-state index contributed by atoms with van der Waals surface area (Å²) >= 11 is 0. The lowest BCUT2D eigenvalue weighted by Crippen LogP contribution is -2.20. The van der Waals surface area contributed by atoms with Gasteiger partial charge in [0.2, 0.25) is 15.9 Å². The van der Waals surface area contributed by atoms with Crippen LogP contribution in [0.1, 0.15) is 5.69 Å². The standard InChI is InChI=1S/C15H17N7O3S/c1-10-7-14(21(2)19-10)17-15(23)9-22-8-13(18-20-22)11-3-5-12(6-4-11)26(16,24)25/h3-8H,9H2,1-2H3,(H,17,23)(H2,16,24,25). The first-order valence-electron chi connectivity index (χ1n) is 7.56. The van der Waals surface area contributed by atoms with Crippen molar-refractivity contribution < 1.29 is 13.2 Å². The topological polar surface area (TPSA) is 138 Å². The highest BCUT2D eigenvalue weighted by Gasteiger charge is 2.12. The third kappa shape index (κ3) is 3.95. The molecule has 0 atom stereocenters. The molecule has 0 saturated carbocycles. The molecule has 3 rings (SSSR count). The first kappa shape index (κ1) is 17.8. The Morgan fingerprint density at radius 2 is 1.96 bits per heavy atom. The van der Waals surface area contributed by atoms with Gasteiger partial charge in [-0.25, -0.2) is 18.2 Å². The van der Waals surface area contributed by atoms with Crippen LogP contribution in [0.5, 0.6) is 0 Å². The molecule has 0 fully saturated rings. The van der Waals surface area contributed by atoms with Crippen LogP contribution in [0.4, 0.5) is 5.82 Å². The number of nitrogens with two attached hydrogens (primary N) is 1. The van der Waals surface area contributed by atoms with E-state index in [1.807, 2.05) is 6.92 Å². The first-order chi connectivity index (χ1) is 12.2. The Labute approximate surface area is 149 Å². The Kier molecular flexibility index (Phi) is 4.57. The van der Waals surface area contributed by atoms with Crippen molar-refractivity contribution in [3.05, 3.63) is 42.2 Å². The van der Waals surface area contributed by atoms with Gasteiger partial charge >= 0.3 is 0 Å². The normalized spacial score (nSPS) is 11.5. The summed E-state index contributed by atoms with van der Waals surface area (Å²) < 4.78 is 25.5. The summed E-state index contributed by atoms with van der Waals surface area (Å²) in [6.07, 6.45) is 1.60. The molecule has 0 radical (unpaired) electrons. The van der Waals surface area contributed by atoms with Crippen LogP contribution in [0, 0.1) is 6.92 Å². The number of sulfonamides is 1. The molecule has 2 heterocycles. The molecule has 3 aromatic rings. The van der Waals surface area contributed by atoms with Gasteiger partial charge in [-0.3, -0.25) is 9.48 Å². The van der Waals surface area contributed by atoms with Crippen molar-refractivity contribution >= 4 is 21.7 Å². The lowest BCUT2D eigenvalue weighted by atomic mass is 10.2. The number of nitrogens with zero attached hydrogens (tertiary/aromatic N) is 5. The predicted octanol–water partition coefficient (Wildman–Crippen LogP) is 0.273. The van der Waals surface area contributed by atoms with E-state index in [1.165, 1.54) is 16.8 Å². The average molecular weight is 375 g/mol. The van der Waals surface area contributed by atoms with Gasteiger partial charge in [-0.1, -0.05) is 17.3 Å². The van der Waals surface area contributed by atoms with Crippen LogP contribution in [0.3, 0.4) is 0 Å². The molecule has 11 heteroatoms. The number of amides is 1. The number of carbonyl (C=O) groups is 1. The Morgan fingerprint density at radius 1 is 1.27 bits per heavy atom. The van der Waals surface area contributed by atoms with Gasteiger partial charge in [0.25, 0.3) is 0 Å². The molecule has 0 aliphatic heterocycles. The van der Waals surface area contributed by atoms with Gasteiger partial charge < -0.3 is 5.32 Å². The van der Waals surface area contributed by atoms with Crippen LogP contribution in [0.15, 0.2) is 41.4 Å². The number of hydrogen-bond donors (Lipinski definition) is 2. The Balaban J connectivity index is 1.69. The summed E-state index contributed by atoms with van der Waals surface area (Å²) in [5, 5.41) is 19.9. The summed E-state index contributed by atoms with van der Waals surface area (Å²) in [5.74, 6) is 0.320. The fraction of sp³-hybridized carbons (Fsp3) is 0.200. The van der Waals surface area contributed by atoms with Crippen molar-refractivity contribution in [2.24, 2.45) is 12.2 Å². The molecule has 136 valence electrons. The van der Waals surface area contributed by atoms with Crippen LogP contribution in [0.25, 0.3) is 11.3 Å². The van der Waals surface area contributed by atoms with E-state index in [1.54, 1.807) is 36.1 Å². The van der Waals surface area contributed by atoms with Crippen molar-refractivity contribution in [3.8, 4) is 11.3 Å². The smallest absolute Gasteiger partial charge is 0.247 e. The van der Waals surface area contributed by atoms with Crippen LogP contribution in [-0.4, -0.2) is 39.1 Å². The minimum absolute atomic E-state index is 0.0134. The maximum absolute atomic E-state index is 12.1. The van der Waals surface area contributed by atoms with E-state index in [9.17, 15) is 13.2 Å². The second kappa shape index (κ2) is 6.69. The number of aromatic nitrogens is 5. The van der Waals surface area contributed by atoms with E-state index in [0.717, 1.165) is 5.69 Å². The monoisotopic (exact) mass is 375 g/mol. The number of benzene rings is 1. The summed E-state index contributed by atoms with van der Waals surface area (Å²) in [6.45, 7) is 1.81. The zero-order valence-corrected chi connectivity index (χ0v) is 14.9. The summed E-state index contributed by atoms with van der Waals surface area (Å²) in [4.78, 5) is 12.1. The molecule has 1 aromatic carbocycles. The van der Waals surface area contributed by atoms with E-state index in [0.29, 0.717) is 17.1 Å². The Bertz CT molecular complexity index is 1050. The number of aryl methyl sites for hydroxylation is 2. The minimum atomic E-state index is -3.75. The van der Waals surface area contributed by atoms with Gasteiger partial charge in [-0.05, 0) is 19.1 Å². The van der Waals surface area contributed by atoms with Gasteiger partial charge in [-0.2, -0.15) is 5.10 Å². The van der Waals surface area contributed by atoms with Crippen LogP contribution < -0.4 is 10.5 Å². The van der Waals surface area contributed by atoms with Gasteiger partial charge in [0.15, 0.2) is 0 Å². The fourth-order valence-corrected chi connectivity index (χ4v) is 2.90. The van der Waals surface area contributed by atoms with Crippen molar-refractivity contribution in [2.45, 2.75) is 18.4 Å². The number of primary sulfonamides is 1. The summed E-state index contributed by atoms with van der Waals surface area (Å²) in [5.41, 5.74) is 1.97. The highest BCUT2D eigenvalue weighted by atomic mass is 32.2.